The molecule has 1 N–H and O–H groups in total. The van der Waals surface area contributed by atoms with Gasteiger partial charge in [-0.2, -0.15) is 0 Å². The van der Waals surface area contributed by atoms with Gasteiger partial charge >= 0.3 is 0 Å². The van der Waals surface area contributed by atoms with Gasteiger partial charge in [0.15, 0.2) is 0 Å². The lowest BCUT2D eigenvalue weighted by molar-refractivity contribution is -0.134. The number of amides is 2. The summed E-state index contributed by atoms with van der Waals surface area (Å²) in [5.74, 6) is 0.272. The van der Waals surface area contributed by atoms with E-state index in [9.17, 15) is 9.59 Å². The molecule has 23 heavy (non-hydrogen) atoms. The Labute approximate surface area is 136 Å². The second-order valence-corrected chi connectivity index (χ2v) is 6.47. The maximum absolute atomic E-state index is 12.9. The zero-order chi connectivity index (χ0) is 16.6. The number of para-hydroxylation sites is 1. The van der Waals surface area contributed by atoms with Gasteiger partial charge in [0.2, 0.25) is 5.91 Å². The number of hydrogen-bond acceptors (Lipinski definition) is 2. The lowest BCUT2D eigenvalue weighted by atomic mass is 9.95. The third kappa shape index (κ3) is 2.83. The van der Waals surface area contributed by atoms with Crippen molar-refractivity contribution in [2.24, 2.45) is 5.92 Å². The number of aromatic nitrogens is 1. The molecule has 2 amide bonds. The van der Waals surface area contributed by atoms with Crippen molar-refractivity contribution < 1.29 is 9.59 Å². The van der Waals surface area contributed by atoms with Crippen LogP contribution in [0.3, 0.4) is 0 Å². The molecule has 0 bridgehead atoms. The molecule has 1 aliphatic heterocycles. The summed E-state index contributed by atoms with van der Waals surface area (Å²) in [6.45, 7) is 3.22. The van der Waals surface area contributed by atoms with Crippen molar-refractivity contribution in [2.45, 2.75) is 19.8 Å². The zero-order valence-electron chi connectivity index (χ0n) is 13.9. The molecule has 1 fully saturated rings. The Kier molecular flexibility index (Phi) is 4.11. The van der Waals surface area contributed by atoms with Crippen LogP contribution >= 0.6 is 0 Å². The predicted molar refractivity (Wildman–Crippen MR) is 90.4 cm³/mol. The number of H-pyrrole nitrogens is 1. The smallest absolute Gasteiger partial charge is 0.256 e. The van der Waals surface area contributed by atoms with Crippen LogP contribution in [-0.4, -0.2) is 53.8 Å². The van der Waals surface area contributed by atoms with Gasteiger partial charge < -0.3 is 14.8 Å². The van der Waals surface area contributed by atoms with Gasteiger partial charge in [-0.1, -0.05) is 18.2 Å². The van der Waals surface area contributed by atoms with Crippen LogP contribution in [0.1, 0.15) is 28.9 Å². The van der Waals surface area contributed by atoms with Gasteiger partial charge in [0.1, 0.15) is 0 Å². The average molecular weight is 313 g/mol. The number of carbonyl (C=O) groups excluding carboxylic acids is 2. The number of carbonyl (C=O) groups is 2. The van der Waals surface area contributed by atoms with Crippen LogP contribution in [0.15, 0.2) is 24.3 Å². The number of likely N-dealkylation sites (tertiary alicyclic amines) is 1. The van der Waals surface area contributed by atoms with Crippen LogP contribution in [-0.2, 0) is 4.79 Å². The fraction of sp³-hybridized carbons (Fsp3) is 0.444. The Morgan fingerprint density at radius 3 is 2.48 bits per heavy atom. The highest BCUT2D eigenvalue weighted by Gasteiger charge is 2.30. The average Bonchev–Trinajstić information content (AvgIpc) is 2.89. The van der Waals surface area contributed by atoms with Crippen LogP contribution < -0.4 is 0 Å². The summed E-state index contributed by atoms with van der Waals surface area (Å²) < 4.78 is 0. The van der Waals surface area contributed by atoms with Crippen molar-refractivity contribution in [1.82, 2.24) is 14.8 Å². The van der Waals surface area contributed by atoms with E-state index in [1.807, 2.05) is 36.1 Å². The molecule has 0 radical (unpaired) electrons. The van der Waals surface area contributed by atoms with Crippen molar-refractivity contribution >= 4 is 22.7 Å². The second-order valence-electron chi connectivity index (χ2n) is 6.47. The van der Waals surface area contributed by atoms with E-state index in [-0.39, 0.29) is 17.7 Å². The normalized spacial score (nSPS) is 15.9. The lowest BCUT2D eigenvalue weighted by Crippen LogP contribution is -2.42. The maximum atomic E-state index is 12.9. The summed E-state index contributed by atoms with van der Waals surface area (Å²) in [7, 11) is 3.57. The second kappa shape index (κ2) is 6.07. The van der Waals surface area contributed by atoms with Crippen molar-refractivity contribution in [3.05, 3.63) is 35.5 Å². The molecule has 1 aliphatic rings. The molecule has 0 atom stereocenters. The number of fused-ring (bicyclic) bond motifs is 1. The third-order valence-electron chi connectivity index (χ3n) is 4.68. The molecule has 0 aliphatic carbocycles. The van der Waals surface area contributed by atoms with E-state index >= 15 is 0 Å². The van der Waals surface area contributed by atoms with E-state index in [0.29, 0.717) is 13.1 Å². The van der Waals surface area contributed by atoms with Crippen molar-refractivity contribution in [3.63, 3.8) is 0 Å². The van der Waals surface area contributed by atoms with Crippen LogP contribution in [0.4, 0.5) is 0 Å². The van der Waals surface area contributed by atoms with Gasteiger partial charge in [-0.25, -0.2) is 0 Å². The summed E-state index contributed by atoms with van der Waals surface area (Å²) in [5, 5.41) is 0.974. The Bertz CT molecular complexity index is 740. The van der Waals surface area contributed by atoms with Crippen molar-refractivity contribution in [1.29, 1.82) is 0 Å². The molecule has 5 heteroatoms. The Morgan fingerprint density at radius 2 is 1.83 bits per heavy atom. The highest BCUT2D eigenvalue weighted by molar-refractivity contribution is 6.08. The number of benzene rings is 1. The summed E-state index contributed by atoms with van der Waals surface area (Å²) in [6.07, 6.45) is 1.48. The Balaban J connectivity index is 1.77. The molecule has 1 aromatic carbocycles. The molecule has 0 saturated carbocycles. The zero-order valence-corrected chi connectivity index (χ0v) is 13.9. The van der Waals surface area contributed by atoms with Gasteiger partial charge in [0.05, 0.1) is 5.56 Å². The maximum Gasteiger partial charge on any atom is 0.256 e. The molecule has 1 aromatic heterocycles. The minimum Gasteiger partial charge on any atom is -0.358 e. The number of nitrogens with one attached hydrogen (secondary N) is 1. The first-order valence-corrected chi connectivity index (χ1v) is 8.06. The number of nitrogens with zero attached hydrogens (tertiary/aromatic N) is 2. The molecule has 1 saturated heterocycles. The molecule has 122 valence electrons. The van der Waals surface area contributed by atoms with Gasteiger partial charge in [-0.15, -0.1) is 0 Å². The quantitative estimate of drug-likeness (QED) is 0.925. The Hall–Kier alpha value is -2.30. The third-order valence-corrected chi connectivity index (χ3v) is 4.68. The highest BCUT2D eigenvalue weighted by atomic mass is 16.2. The first-order valence-electron chi connectivity index (χ1n) is 8.06. The van der Waals surface area contributed by atoms with E-state index in [2.05, 4.69) is 4.98 Å². The summed E-state index contributed by atoms with van der Waals surface area (Å²) in [4.78, 5) is 31.8. The molecule has 0 unspecified atom stereocenters. The van der Waals surface area contributed by atoms with Gasteiger partial charge in [0, 0.05) is 49.7 Å². The summed E-state index contributed by atoms with van der Waals surface area (Å²) in [6, 6.07) is 7.88. The number of hydrogen-bond donors (Lipinski definition) is 1. The first kappa shape index (κ1) is 15.6. The minimum absolute atomic E-state index is 0.0399. The van der Waals surface area contributed by atoms with Crippen LogP contribution in [0.2, 0.25) is 0 Å². The number of aryl methyl sites for hydroxylation is 1. The topological polar surface area (TPSA) is 56.4 Å². The molecular weight excluding hydrogens is 290 g/mol. The SMILES string of the molecule is Cc1[nH]c2ccccc2c1C(=O)N1CCC(C(=O)N(C)C)CC1. The Morgan fingerprint density at radius 1 is 1.17 bits per heavy atom. The fourth-order valence-corrected chi connectivity index (χ4v) is 3.41. The number of piperidine rings is 1. The summed E-state index contributed by atoms with van der Waals surface area (Å²) >= 11 is 0. The van der Waals surface area contributed by atoms with Crippen molar-refractivity contribution in [3.8, 4) is 0 Å². The molecule has 2 aromatic rings. The number of rotatable bonds is 2. The van der Waals surface area contributed by atoms with Crippen LogP contribution in [0.25, 0.3) is 10.9 Å². The van der Waals surface area contributed by atoms with E-state index in [0.717, 1.165) is 35.0 Å². The van der Waals surface area contributed by atoms with E-state index < -0.39 is 0 Å². The van der Waals surface area contributed by atoms with Crippen molar-refractivity contribution in [2.75, 3.05) is 27.2 Å². The van der Waals surface area contributed by atoms with E-state index in [1.165, 1.54) is 0 Å². The minimum atomic E-state index is 0.0399. The molecule has 3 rings (SSSR count). The predicted octanol–water partition coefficient (Wildman–Crippen LogP) is 2.42. The van der Waals surface area contributed by atoms with Gasteiger partial charge in [-0.3, -0.25) is 9.59 Å². The van der Waals surface area contributed by atoms with Crippen LogP contribution in [0.5, 0.6) is 0 Å². The largest absolute Gasteiger partial charge is 0.358 e. The molecule has 0 spiro atoms. The molecule has 2 heterocycles. The molecule has 5 nitrogen and oxygen atoms in total. The monoisotopic (exact) mass is 313 g/mol. The lowest BCUT2D eigenvalue weighted by Gasteiger charge is -2.32. The van der Waals surface area contributed by atoms with Gasteiger partial charge in [0.25, 0.3) is 5.91 Å². The summed E-state index contributed by atoms with van der Waals surface area (Å²) in [5.41, 5.74) is 2.66. The van der Waals surface area contributed by atoms with E-state index in [4.69, 9.17) is 0 Å². The fourth-order valence-electron chi connectivity index (χ4n) is 3.41. The standard InChI is InChI=1S/C18H23N3O2/c1-12-16(14-6-4-5-7-15(14)19-12)18(23)21-10-8-13(9-11-21)17(22)20(2)3/h4-7,13,19H,8-11H2,1-3H3. The van der Waals surface area contributed by atoms with Crippen LogP contribution in [0, 0.1) is 12.8 Å². The highest BCUT2D eigenvalue weighted by Crippen LogP contribution is 2.26. The number of aromatic amines is 1. The first-order chi connectivity index (χ1) is 11.0. The molecular formula is C18H23N3O2. The van der Waals surface area contributed by atoms with E-state index in [1.54, 1.807) is 19.0 Å². The van der Waals surface area contributed by atoms with Gasteiger partial charge in [-0.05, 0) is 25.8 Å².